The number of pyridine rings is 1. The van der Waals surface area contributed by atoms with Crippen molar-refractivity contribution in [2.75, 3.05) is 31.1 Å². The van der Waals surface area contributed by atoms with Gasteiger partial charge in [-0.05, 0) is 13.3 Å². The van der Waals surface area contributed by atoms with E-state index in [0.29, 0.717) is 6.04 Å². The molecule has 0 aromatic carbocycles. The third-order valence-corrected chi connectivity index (χ3v) is 2.91. The van der Waals surface area contributed by atoms with Gasteiger partial charge in [-0.1, -0.05) is 6.92 Å². The van der Waals surface area contributed by atoms with Crippen LogP contribution in [0, 0.1) is 0 Å². The van der Waals surface area contributed by atoms with E-state index >= 15 is 0 Å². The molecule has 4 nitrogen and oxygen atoms in total. The number of nitrogens with zero attached hydrogens (tertiary/aromatic N) is 2. The zero-order chi connectivity index (χ0) is 12.1. The summed E-state index contributed by atoms with van der Waals surface area (Å²) < 4.78 is 5.61. The highest BCUT2D eigenvalue weighted by atomic mass is 16.5. The first-order chi connectivity index (χ1) is 8.29. The van der Waals surface area contributed by atoms with E-state index in [1.807, 2.05) is 6.20 Å². The van der Waals surface area contributed by atoms with Crippen molar-refractivity contribution in [1.29, 1.82) is 0 Å². The molecular weight excluding hydrogens is 214 g/mol. The Kier molecular flexibility index (Phi) is 4.20. The summed E-state index contributed by atoms with van der Waals surface area (Å²) in [5.74, 6) is 0.871. The number of anilines is 1. The SMILES string of the molecule is CCCOc1cncc(N2CCNC(C)C2)c1. The molecule has 0 aliphatic carbocycles. The second kappa shape index (κ2) is 5.87. The highest BCUT2D eigenvalue weighted by Gasteiger charge is 2.16. The van der Waals surface area contributed by atoms with Crippen molar-refractivity contribution in [3.63, 3.8) is 0 Å². The molecule has 4 heteroatoms. The molecule has 0 saturated carbocycles. The Morgan fingerprint density at radius 1 is 1.53 bits per heavy atom. The lowest BCUT2D eigenvalue weighted by molar-refractivity contribution is 0.316. The van der Waals surface area contributed by atoms with Gasteiger partial charge in [0.15, 0.2) is 0 Å². The number of hydrogen-bond donors (Lipinski definition) is 1. The average Bonchev–Trinajstić information content (AvgIpc) is 2.37. The molecule has 2 heterocycles. The Hall–Kier alpha value is -1.29. The molecule has 1 atom stereocenters. The Balaban J connectivity index is 2.04. The van der Waals surface area contributed by atoms with Gasteiger partial charge in [-0.3, -0.25) is 4.98 Å². The van der Waals surface area contributed by atoms with Gasteiger partial charge >= 0.3 is 0 Å². The largest absolute Gasteiger partial charge is 0.492 e. The normalized spacial score (nSPS) is 20.4. The van der Waals surface area contributed by atoms with Crippen LogP contribution in [0.25, 0.3) is 0 Å². The lowest BCUT2D eigenvalue weighted by Gasteiger charge is -2.33. The topological polar surface area (TPSA) is 37.4 Å². The molecule has 1 fully saturated rings. The van der Waals surface area contributed by atoms with Gasteiger partial charge in [-0.15, -0.1) is 0 Å². The molecule has 1 aliphatic rings. The van der Waals surface area contributed by atoms with Crippen LogP contribution in [-0.2, 0) is 0 Å². The fourth-order valence-corrected chi connectivity index (χ4v) is 2.05. The summed E-state index contributed by atoms with van der Waals surface area (Å²) in [5, 5.41) is 3.44. The van der Waals surface area contributed by atoms with Crippen molar-refractivity contribution in [3.05, 3.63) is 18.5 Å². The van der Waals surface area contributed by atoms with E-state index in [1.165, 1.54) is 0 Å². The van der Waals surface area contributed by atoms with Gasteiger partial charge in [-0.2, -0.15) is 0 Å². The quantitative estimate of drug-likeness (QED) is 0.861. The second-order valence-electron chi connectivity index (χ2n) is 4.53. The zero-order valence-electron chi connectivity index (χ0n) is 10.6. The van der Waals surface area contributed by atoms with Gasteiger partial charge in [0, 0.05) is 31.7 Å². The molecule has 1 N–H and O–H groups in total. The lowest BCUT2D eigenvalue weighted by atomic mass is 10.2. The lowest BCUT2D eigenvalue weighted by Crippen LogP contribution is -2.49. The van der Waals surface area contributed by atoms with Crippen LogP contribution in [0.3, 0.4) is 0 Å². The molecule has 1 saturated heterocycles. The molecular formula is C13H21N3O. The highest BCUT2D eigenvalue weighted by molar-refractivity contribution is 5.48. The van der Waals surface area contributed by atoms with Crippen molar-refractivity contribution in [2.45, 2.75) is 26.3 Å². The molecule has 1 aromatic heterocycles. The number of piperazine rings is 1. The summed E-state index contributed by atoms with van der Waals surface area (Å²) in [6.07, 6.45) is 4.72. The maximum atomic E-state index is 5.61. The van der Waals surface area contributed by atoms with Crippen molar-refractivity contribution in [2.24, 2.45) is 0 Å². The van der Waals surface area contributed by atoms with Crippen molar-refractivity contribution in [3.8, 4) is 5.75 Å². The van der Waals surface area contributed by atoms with Gasteiger partial charge in [0.2, 0.25) is 0 Å². The van der Waals surface area contributed by atoms with Crippen LogP contribution in [0.2, 0.25) is 0 Å². The Morgan fingerprint density at radius 2 is 2.41 bits per heavy atom. The fourth-order valence-electron chi connectivity index (χ4n) is 2.05. The van der Waals surface area contributed by atoms with Crippen LogP contribution in [0.1, 0.15) is 20.3 Å². The Labute approximate surface area is 103 Å². The van der Waals surface area contributed by atoms with E-state index in [9.17, 15) is 0 Å². The standard InChI is InChI=1S/C13H21N3O/c1-3-6-17-13-7-12(8-14-9-13)16-5-4-15-11(2)10-16/h7-9,11,15H,3-6,10H2,1-2H3. The molecule has 2 rings (SSSR count). The average molecular weight is 235 g/mol. The van der Waals surface area contributed by atoms with Gasteiger partial charge in [0.05, 0.1) is 24.7 Å². The van der Waals surface area contributed by atoms with E-state index in [1.54, 1.807) is 6.20 Å². The molecule has 94 valence electrons. The molecule has 0 bridgehead atoms. The molecule has 1 aromatic rings. The zero-order valence-corrected chi connectivity index (χ0v) is 10.6. The van der Waals surface area contributed by atoms with Crippen LogP contribution >= 0.6 is 0 Å². The fraction of sp³-hybridized carbons (Fsp3) is 0.615. The van der Waals surface area contributed by atoms with Crippen LogP contribution in [0.15, 0.2) is 18.5 Å². The van der Waals surface area contributed by atoms with Gasteiger partial charge in [-0.25, -0.2) is 0 Å². The molecule has 0 spiro atoms. The van der Waals surface area contributed by atoms with Crippen molar-refractivity contribution in [1.82, 2.24) is 10.3 Å². The molecule has 0 radical (unpaired) electrons. The Bertz CT molecular complexity index is 356. The predicted molar refractivity (Wildman–Crippen MR) is 69.7 cm³/mol. The Morgan fingerprint density at radius 3 is 3.18 bits per heavy atom. The summed E-state index contributed by atoms with van der Waals surface area (Å²) in [7, 11) is 0. The van der Waals surface area contributed by atoms with E-state index in [0.717, 1.165) is 44.1 Å². The number of hydrogen-bond acceptors (Lipinski definition) is 4. The van der Waals surface area contributed by atoms with E-state index in [-0.39, 0.29) is 0 Å². The highest BCUT2D eigenvalue weighted by Crippen LogP contribution is 2.20. The smallest absolute Gasteiger partial charge is 0.139 e. The summed E-state index contributed by atoms with van der Waals surface area (Å²) in [6, 6.07) is 2.62. The number of aromatic nitrogens is 1. The first-order valence-corrected chi connectivity index (χ1v) is 6.35. The van der Waals surface area contributed by atoms with Crippen LogP contribution in [0.5, 0.6) is 5.75 Å². The minimum Gasteiger partial charge on any atom is -0.492 e. The molecule has 17 heavy (non-hydrogen) atoms. The van der Waals surface area contributed by atoms with Gasteiger partial charge in [0.1, 0.15) is 5.75 Å². The van der Waals surface area contributed by atoms with Crippen molar-refractivity contribution < 1.29 is 4.74 Å². The van der Waals surface area contributed by atoms with Crippen LogP contribution < -0.4 is 15.0 Å². The summed E-state index contributed by atoms with van der Waals surface area (Å²) >= 11 is 0. The van der Waals surface area contributed by atoms with E-state index in [4.69, 9.17) is 4.74 Å². The van der Waals surface area contributed by atoms with E-state index in [2.05, 4.69) is 35.1 Å². The van der Waals surface area contributed by atoms with E-state index < -0.39 is 0 Å². The van der Waals surface area contributed by atoms with Crippen LogP contribution in [0.4, 0.5) is 5.69 Å². The predicted octanol–water partition coefficient (Wildman–Crippen LogP) is 1.67. The minimum atomic E-state index is 0.531. The molecule has 1 aliphatic heterocycles. The number of ether oxygens (including phenoxy) is 1. The summed E-state index contributed by atoms with van der Waals surface area (Å²) in [5.41, 5.74) is 1.16. The van der Waals surface area contributed by atoms with Crippen molar-refractivity contribution >= 4 is 5.69 Å². The van der Waals surface area contributed by atoms with Crippen LogP contribution in [-0.4, -0.2) is 37.3 Å². The second-order valence-corrected chi connectivity index (χ2v) is 4.53. The van der Waals surface area contributed by atoms with Gasteiger partial charge in [0.25, 0.3) is 0 Å². The summed E-state index contributed by atoms with van der Waals surface area (Å²) in [4.78, 5) is 6.60. The third-order valence-electron chi connectivity index (χ3n) is 2.91. The third kappa shape index (κ3) is 3.33. The maximum Gasteiger partial charge on any atom is 0.139 e. The maximum absolute atomic E-state index is 5.61. The monoisotopic (exact) mass is 235 g/mol. The first kappa shape index (κ1) is 12.2. The first-order valence-electron chi connectivity index (χ1n) is 6.35. The minimum absolute atomic E-state index is 0.531. The number of rotatable bonds is 4. The van der Waals surface area contributed by atoms with Gasteiger partial charge < -0.3 is 15.0 Å². The summed E-state index contributed by atoms with van der Waals surface area (Å²) in [6.45, 7) is 8.15. The molecule has 0 amide bonds. The number of nitrogens with one attached hydrogen (secondary N) is 1. The molecule has 1 unspecified atom stereocenters.